The molecule has 0 saturated heterocycles. The van der Waals surface area contributed by atoms with Gasteiger partial charge in [-0.2, -0.15) is 0 Å². The van der Waals surface area contributed by atoms with E-state index in [-0.39, 0.29) is 5.56 Å². The monoisotopic (exact) mass is 452 g/mol. The Balaban J connectivity index is 1.77. The molecule has 7 heteroatoms. The molecular weight excluding hydrogens is 432 g/mol. The molecule has 0 aliphatic carbocycles. The van der Waals surface area contributed by atoms with Crippen molar-refractivity contribution in [2.75, 3.05) is 13.7 Å². The number of nitrogens with one attached hydrogen (secondary N) is 1. The van der Waals surface area contributed by atoms with E-state index in [1.54, 1.807) is 13.2 Å². The van der Waals surface area contributed by atoms with Gasteiger partial charge in [0.05, 0.1) is 24.1 Å². The smallest absolute Gasteiger partial charge is 0.260 e. The predicted molar refractivity (Wildman–Crippen MR) is 128 cm³/mol. The summed E-state index contributed by atoms with van der Waals surface area (Å²) in [5, 5.41) is 0.920. The van der Waals surface area contributed by atoms with E-state index in [9.17, 15) is 4.79 Å². The van der Waals surface area contributed by atoms with Crippen molar-refractivity contribution in [2.45, 2.75) is 13.8 Å². The van der Waals surface area contributed by atoms with Crippen molar-refractivity contribution in [3.05, 3.63) is 75.1 Å². The highest BCUT2D eigenvalue weighted by Crippen LogP contribution is 2.36. The third kappa shape index (κ3) is 4.22. The van der Waals surface area contributed by atoms with Crippen LogP contribution >= 0.6 is 22.9 Å². The van der Waals surface area contributed by atoms with Gasteiger partial charge in [-0.1, -0.05) is 48.0 Å². The van der Waals surface area contributed by atoms with Crippen LogP contribution in [-0.2, 0) is 0 Å². The highest BCUT2D eigenvalue weighted by atomic mass is 35.5. The number of thiophene rings is 1. The lowest BCUT2D eigenvalue weighted by Crippen LogP contribution is -2.10. The minimum absolute atomic E-state index is 0.209. The number of ether oxygens (including phenoxy) is 2. The Morgan fingerprint density at radius 2 is 1.97 bits per heavy atom. The molecule has 0 fully saturated rings. The third-order valence-electron chi connectivity index (χ3n) is 4.81. The minimum atomic E-state index is -0.209. The second-order valence-electron chi connectivity index (χ2n) is 6.83. The van der Waals surface area contributed by atoms with Crippen molar-refractivity contribution >= 4 is 44.3 Å². The lowest BCUT2D eigenvalue weighted by Gasteiger charge is -2.10. The summed E-state index contributed by atoms with van der Waals surface area (Å²) in [7, 11) is 1.59. The van der Waals surface area contributed by atoms with Crippen LogP contribution in [0.4, 0.5) is 0 Å². The number of halogens is 1. The van der Waals surface area contributed by atoms with Gasteiger partial charge in [0.25, 0.3) is 5.56 Å². The zero-order valence-electron chi connectivity index (χ0n) is 17.4. The maximum atomic E-state index is 13.0. The van der Waals surface area contributed by atoms with Crippen molar-refractivity contribution in [3.8, 4) is 22.6 Å². The Labute approximate surface area is 188 Å². The van der Waals surface area contributed by atoms with Crippen LogP contribution in [0.2, 0.25) is 0 Å². The Bertz CT molecular complexity index is 1330. The Morgan fingerprint density at radius 3 is 2.68 bits per heavy atom. The molecule has 0 spiro atoms. The summed E-state index contributed by atoms with van der Waals surface area (Å²) in [6.07, 6.45) is 1.74. The molecule has 2 heterocycles. The predicted octanol–water partition coefficient (Wildman–Crippen LogP) is 6.10. The van der Waals surface area contributed by atoms with Gasteiger partial charge in [0.15, 0.2) is 17.3 Å². The summed E-state index contributed by atoms with van der Waals surface area (Å²) in [6, 6.07) is 15.4. The van der Waals surface area contributed by atoms with Gasteiger partial charge >= 0.3 is 0 Å². The Kier molecular flexibility index (Phi) is 6.11. The summed E-state index contributed by atoms with van der Waals surface area (Å²) in [5.74, 6) is 1.60. The van der Waals surface area contributed by atoms with Gasteiger partial charge in [0, 0.05) is 10.4 Å². The first-order valence-corrected chi connectivity index (χ1v) is 11.0. The first-order valence-electron chi connectivity index (χ1n) is 9.79. The van der Waals surface area contributed by atoms with Crippen LogP contribution in [0.1, 0.15) is 23.2 Å². The highest BCUT2D eigenvalue weighted by molar-refractivity contribution is 7.19. The molecule has 0 saturated carbocycles. The maximum Gasteiger partial charge on any atom is 0.260 e. The van der Waals surface area contributed by atoms with Crippen LogP contribution in [0.25, 0.3) is 32.5 Å². The molecule has 158 valence electrons. The number of hydrogen-bond acceptors (Lipinski definition) is 5. The van der Waals surface area contributed by atoms with Crippen molar-refractivity contribution in [1.29, 1.82) is 0 Å². The van der Waals surface area contributed by atoms with Gasteiger partial charge in [-0.3, -0.25) is 4.79 Å². The van der Waals surface area contributed by atoms with E-state index in [1.165, 1.54) is 11.3 Å². The van der Waals surface area contributed by atoms with Gasteiger partial charge in [0.2, 0.25) is 0 Å². The number of aromatic amines is 1. The van der Waals surface area contributed by atoms with Crippen molar-refractivity contribution in [2.24, 2.45) is 0 Å². The molecule has 0 amide bonds. The van der Waals surface area contributed by atoms with Crippen molar-refractivity contribution in [3.63, 3.8) is 0 Å². The van der Waals surface area contributed by atoms with E-state index in [0.717, 1.165) is 21.6 Å². The van der Waals surface area contributed by atoms with Gasteiger partial charge in [-0.05, 0) is 43.2 Å². The van der Waals surface area contributed by atoms with Crippen LogP contribution in [-0.4, -0.2) is 23.7 Å². The first-order chi connectivity index (χ1) is 15.0. The summed E-state index contributed by atoms with van der Waals surface area (Å²) >= 11 is 8.03. The number of H-pyrrole nitrogens is 1. The van der Waals surface area contributed by atoms with Crippen LogP contribution < -0.4 is 15.0 Å². The third-order valence-corrected chi connectivity index (χ3v) is 6.09. The van der Waals surface area contributed by atoms with Crippen LogP contribution in [0.15, 0.2) is 53.3 Å². The fourth-order valence-corrected chi connectivity index (χ4v) is 4.71. The number of hydrogen-bond donors (Lipinski definition) is 1. The number of methoxy groups -OCH3 is 1. The molecule has 0 radical (unpaired) electrons. The number of aromatic nitrogens is 2. The molecule has 0 bridgehead atoms. The lowest BCUT2D eigenvalue weighted by molar-refractivity contribution is 0.311. The van der Waals surface area contributed by atoms with E-state index in [2.05, 4.69) is 9.97 Å². The Hall–Kier alpha value is -3.09. The number of aryl methyl sites for hydroxylation is 1. The standard InChI is InChI=1S/C24H21ClN2O3S/c1-4-30-19-13-15(10-11-18(19)29-3)12-17(25)22-26-23(28)21-20(14(2)31-24(21)27-22)16-8-6-5-7-9-16/h5-13H,4H2,1-3H3,(H,26,27,28)/b17-12-. The molecule has 0 aliphatic heterocycles. The first kappa shape index (κ1) is 21.2. The van der Waals surface area contributed by atoms with E-state index >= 15 is 0 Å². The summed E-state index contributed by atoms with van der Waals surface area (Å²) in [4.78, 5) is 22.1. The average Bonchev–Trinajstić information content (AvgIpc) is 3.11. The topological polar surface area (TPSA) is 64.2 Å². The molecular formula is C24H21ClN2O3S. The second-order valence-corrected chi connectivity index (χ2v) is 8.44. The molecule has 0 aliphatic rings. The van der Waals surface area contributed by atoms with E-state index in [4.69, 9.17) is 21.1 Å². The molecule has 5 nitrogen and oxygen atoms in total. The van der Waals surface area contributed by atoms with E-state index < -0.39 is 0 Å². The Morgan fingerprint density at radius 1 is 1.19 bits per heavy atom. The van der Waals surface area contributed by atoms with E-state index in [0.29, 0.717) is 39.2 Å². The summed E-state index contributed by atoms with van der Waals surface area (Å²) < 4.78 is 10.9. The number of rotatable bonds is 6. The average molecular weight is 453 g/mol. The number of benzene rings is 2. The molecule has 0 unspecified atom stereocenters. The van der Waals surface area contributed by atoms with Gasteiger partial charge in [-0.15, -0.1) is 11.3 Å². The molecule has 4 rings (SSSR count). The maximum absolute atomic E-state index is 13.0. The fourth-order valence-electron chi connectivity index (χ4n) is 3.45. The van der Waals surface area contributed by atoms with Gasteiger partial charge in [0.1, 0.15) is 4.83 Å². The van der Waals surface area contributed by atoms with Crippen molar-refractivity contribution < 1.29 is 9.47 Å². The number of nitrogens with zero attached hydrogens (tertiary/aromatic N) is 1. The van der Waals surface area contributed by atoms with Gasteiger partial charge in [-0.25, -0.2) is 4.98 Å². The molecule has 2 aromatic heterocycles. The summed E-state index contributed by atoms with van der Waals surface area (Å²) in [5.41, 5.74) is 2.51. The second kappa shape index (κ2) is 8.96. The van der Waals surface area contributed by atoms with Gasteiger partial charge < -0.3 is 14.5 Å². The van der Waals surface area contributed by atoms with Crippen LogP contribution in [0.3, 0.4) is 0 Å². The fraction of sp³-hybridized carbons (Fsp3) is 0.167. The van der Waals surface area contributed by atoms with Crippen LogP contribution in [0, 0.1) is 6.92 Å². The minimum Gasteiger partial charge on any atom is -0.493 e. The van der Waals surface area contributed by atoms with E-state index in [1.807, 2.05) is 62.4 Å². The zero-order chi connectivity index (χ0) is 22.0. The molecule has 2 aromatic carbocycles. The SMILES string of the molecule is CCOc1cc(/C=C(\Cl)c2nc3sc(C)c(-c4ccccc4)c3c(=O)[nH]2)ccc1OC. The van der Waals surface area contributed by atoms with Crippen molar-refractivity contribution in [1.82, 2.24) is 9.97 Å². The molecule has 0 atom stereocenters. The summed E-state index contributed by atoms with van der Waals surface area (Å²) in [6.45, 7) is 4.42. The molecule has 1 N–H and O–H groups in total. The largest absolute Gasteiger partial charge is 0.493 e. The number of fused-ring (bicyclic) bond motifs is 1. The normalized spacial score (nSPS) is 11.7. The quantitative estimate of drug-likeness (QED) is 0.383. The highest BCUT2D eigenvalue weighted by Gasteiger charge is 2.17. The lowest BCUT2D eigenvalue weighted by atomic mass is 10.0. The zero-order valence-corrected chi connectivity index (χ0v) is 18.9. The van der Waals surface area contributed by atoms with Crippen LogP contribution in [0.5, 0.6) is 11.5 Å². The molecule has 4 aromatic rings. The molecule has 31 heavy (non-hydrogen) atoms.